The molecule has 0 aromatic heterocycles. The van der Waals surface area contributed by atoms with Gasteiger partial charge in [-0.15, -0.1) is 0 Å². The Kier molecular flexibility index (Phi) is 5.49. The van der Waals surface area contributed by atoms with Crippen LogP contribution in [0.1, 0.15) is 44.0 Å². The summed E-state index contributed by atoms with van der Waals surface area (Å²) in [6.07, 6.45) is 1.87. The van der Waals surface area contributed by atoms with E-state index in [9.17, 15) is 20.0 Å². The molecule has 1 rings (SSSR count). The van der Waals surface area contributed by atoms with Crippen LogP contribution in [0.2, 0.25) is 0 Å². The zero-order chi connectivity index (χ0) is 15.3. The van der Waals surface area contributed by atoms with Gasteiger partial charge in [0.2, 0.25) is 0 Å². The fourth-order valence-electron chi connectivity index (χ4n) is 1.78. The number of hydrogen-bond donors (Lipinski definition) is 2. The topological polar surface area (TPSA) is 92.5 Å². The minimum atomic E-state index is -0.692. The highest BCUT2D eigenvalue weighted by molar-refractivity contribution is 5.95. The van der Waals surface area contributed by atoms with Crippen molar-refractivity contribution in [1.82, 2.24) is 5.32 Å². The Labute approximate surface area is 118 Å². The Morgan fingerprint density at radius 3 is 2.50 bits per heavy atom. The van der Waals surface area contributed by atoms with Crippen LogP contribution in [0.4, 0.5) is 5.69 Å². The quantitative estimate of drug-likeness (QED) is 0.619. The summed E-state index contributed by atoms with van der Waals surface area (Å²) in [4.78, 5) is 21.8. The molecule has 1 aromatic rings. The predicted molar refractivity (Wildman–Crippen MR) is 75.8 cm³/mol. The van der Waals surface area contributed by atoms with Crippen molar-refractivity contribution in [2.45, 2.75) is 39.7 Å². The van der Waals surface area contributed by atoms with E-state index in [4.69, 9.17) is 0 Å². The summed E-state index contributed by atoms with van der Waals surface area (Å²) in [5.41, 5.74) is -0.195. The van der Waals surface area contributed by atoms with E-state index in [1.54, 1.807) is 0 Å². The van der Waals surface area contributed by atoms with Crippen molar-refractivity contribution >= 4 is 11.6 Å². The fourth-order valence-corrected chi connectivity index (χ4v) is 1.78. The van der Waals surface area contributed by atoms with Crippen LogP contribution in [0, 0.1) is 16.0 Å². The molecule has 0 aliphatic rings. The molecule has 6 heteroatoms. The lowest BCUT2D eigenvalue weighted by Crippen LogP contribution is -2.32. The summed E-state index contributed by atoms with van der Waals surface area (Å²) in [6, 6.07) is 3.59. The summed E-state index contributed by atoms with van der Waals surface area (Å²) in [7, 11) is 0. The lowest BCUT2D eigenvalue weighted by atomic mass is 10.0. The average Bonchev–Trinajstić information content (AvgIpc) is 2.35. The monoisotopic (exact) mass is 280 g/mol. The second-order valence-electron chi connectivity index (χ2n) is 5.31. The highest BCUT2D eigenvalue weighted by Crippen LogP contribution is 2.26. The largest absolute Gasteiger partial charge is 0.502 e. The minimum Gasteiger partial charge on any atom is -0.502 e. The van der Waals surface area contributed by atoms with Crippen molar-refractivity contribution in [3.8, 4) is 5.75 Å². The van der Waals surface area contributed by atoms with E-state index in [0.717, 1.165) is 25.0 Å². The number of amides is 1. The summed E-state index contributed by atoms with van der Waals surface area (Å²) in [5, 5.41) is 22.9. The Morgan fingerprint density at radius 2 is 2.00 bits per heavy atom. The van der Waals surface area contributed by atoms with Gasteiger partial charge in [-0.05, 0) is 37.8 Å². The normalized spacial score (nSPS) is 12.2. The lowest BCUT2D eigenvalue weighted by Gasteiger charge is -2.15. The first-order chi connectivity index (χ1) is 9.31. The molecule has 6 nitrogen and oxygen atoms in total. The summed E-state index contributed by atoms with van der Waals surface area (Å²) >= 11 is 0. The van der Waals surface area contributed by atoms with Gasteiger partial charge in [-0.2, -0.15) is 0 Å². The van der Waals surface area contributed by atoms with E-state index in [-0.39, 0.29) is 17.5 Å². The average molecular weight is 280 g/mol. The summed E-state index contributed by atoms with van der Waals surface area (Å²) in [6.45, 7) is 6.14. The fraction of sp³-hybridized carbons (Fsp3) is 0.500. The number of carbonyl (C=O) groups is 1. The number of nitrogens with zero attached hydrogens (tertiary/aromatic N) is 1. The smallest absolute Gasteiger partial charge is 0.310 e. The van der Waals surface area contributed by atoms with Crippen LogP contribution in [-0.4, -0.2) is 22.0 Å². The first kappa shape index (κ1) is 15.9. The molecule has 20 heavy (non-hydrogen) atoms. The number of rotatable bonds is 6. The molecular formula is C14H20N2O4. The van der Waals surface area contributed by atoms with Gasteiger partial charge in [-0.1, -0.05) is 13.8 Å². The third-order valence-corrected chi connectivity index (χ3v) is 2.99. The van der Waals surface area contributed by atoms with Gasteiger partial charge in [0.25, 0.3) is 5.91 Å². The number of phenolic OH excluding ortho intramolecular Hbond substituents is 1. The number of carbonyl (C=O) groups excluding carboxylic acids is 1. The molecule has 0 saturated heterocycles. The molecule has 0 saturated carbocycles. The van der Waals surface area contributed by atoms with Gasteiger partial charge in [-0.25, -0.2) is 0 Å². The van der Waals surface area contributed by atoms with Crippen molar-refractivity contribution in [2.75, 3.05) is 0 Å². The zero-order valence-corrected chi connectivity index (χ0v) is 11.9. The lowest BCUT2D eigenvalue weighted by molar-refractivity contribution is -0.385. The van der Waals surface area contributed by atoms with Gasteiger partial charge in [0.05, 0.1) is 4.92 Å². The first-order valence-electron chi connectivity index (χ1n) is 6.59. The molecule has 110 valence electrons. The maximum Gasteiger partial charge on any atom is 0.310 e. The molecule has 0 aliphatic carbocycles. The second-order valence-corrected chi connectivity index (χ2v) is 5.31. The minimum absolute atomic E-state index is 0.0160. The third-order valence-electron chi connectivity index (χ3n) is 2.99. The maximum absolute atomic E-state index is 11.9. The van der Waals surface area contributed by atoms with Crippen LogP contribution in [0.25, 0.3) is 0 Å². The zero-order valence-electron chi connectivity index (χ0n) is 11.9. The van der Waals surface area contributed by atoms with Crippen LogP contribution >= 0.6 is 0 Å². The highest BCUT2D eigenvalue weighted by Gasteiger charge is 2.17. The Bertz CT molecular complexity index is 500. The van der Waals surface area contributed by atoms with Crippen molar-refractivity contribution in [1.29, 1.82) is 0 Å². The Balaban J connectivity index is 2.68. The molecule has 1 atom stereocenters. The first-order valence-corrected chi connectivity index (χ1v) is 6.59. The number of nitro benzene ring substituents is 1. The van der Waals surface area contributed by atoms with E-state index in [1.807, 2.05) is 6.92 Å². The van der Waals surface area contributed by atoms with Crippen molar-refractivity contribution < 1.29 is 14.8 Å². The van der Waals surface area contributed by atoms with Gasteiger partial charge in [0.15, 0.2) is 5.75 Å². The van der Waals surface area contributed by atoms with Gasteiger partial charge in [0.1, 0.15) is 0 Å². The predicted octanol–water partition coefficient (Wildman–Crippen LogP) is 2.85. The SMILES string of the molecule is CC(C)CCC(C)NC(=O)c1ccc([N+](=O)[O-])c(O)c1. The highest BCUT2D eigenvalue weighted by atomic mass is 16.6. The second kappa shape index (κ2) is 6.88. The van der Waals surface area contributed by atoms with Crippen LogP contribution in [-0.2, 0) is 0 Å². The van der Waals surface area contributed by atoms with E-state index in [1.165, 1.54) is 6.07 Å². The van der Waals surface area contributed by atoms with E-state index in [2.05, 4.69) is 19.2 Å². The van der Waals surface area contributed by atoms with Crippen LogP contribution < -0.4 is 5.32 Å². The number of nitro groups is 1. The van der Waals surface area contributed by atoms with Crippen LogP contribution in [0.3, 0.4) is 0 Å². The molecule has 0 fully saturated rings. The van der Waals surface area contributed by atoms with Crippen molar-refractivity contribution in [2.24, 2.45) is 5.92 Å². The van der Waals surface area contributed by atoms with Gasteiger partial charge in [-0.3, -0.25) is 14.9 Å². The molecule has 0 radical (unpaired) electrons. The van der Waals surface area contributed by atoms with Crippen LogP contribution in [0.5, 0.6) is 5.75 Å². The maximum atomic E-state index is 11.9. The Hall–Kier alpha value is -2.11. The number of benzene rings is 1. The molecule has 0 heterocycles. The van der Waals surface area contributed by atoms with Gasteiger partial charge >= 0.3 is 5.69 Å². The van der Waals surface area contributed by atoms with E-state index in [0.29, 0.717) is 5.92 Å². The van der Waals surface area contributed by atoms with Crippen molar-refractivity contribution in [3.63, 3.8) is 0 Å². The number of nitrogens with one attached hydrogen (secondary N) is 1. The van der Waals surface area contributed by atoms with Gasteiger partial charge in [0, 0.05) is 17.7 Å². The molecule has 0 aliphatic heterocycles. The molecule has 1 unspecified atom stereocenters. The van der Waals surface area contributed by atoms with E-state index >= 15 is 0 Å². The summed E-state index contributed by atoms with van der Waals surface area (Å²) < 4.78 is 0. The molecule has 2 N–H and O–H groups in total. The van der Waals surface area contributed by atoms with Crippen LogP contribution in [0.15, 0.2) is 18.2 Å². The van der Waals surface area contributed by atoms with E-state index < -0.39 is 16.4 Å². The number of hydrogen-bond acceptors (Lipinski definition) is 4. The number of aromatic hydroxyl groups is 1. The van der Waals surface area contributed by atoms with Gasteiger partial charge < -0.3 is 10.4 Å². The molecule has 1 aromatic carbocycles. The van der Waals surface area contributed by atoms with Crippen molar-refractivity contribution in [3.05, 3.63) is 33.9 Å². The number of phenols is 1. The molecule has 0 bridgehead atoms. The third kappa shape index (κ3) is 4.53. The molecule has 0 spiro atoms. The molecular weight excluding hydrogens is 260 g/mol. The molecule has 1 amide bonds. The Morgan fingerprint density at radius 1 is 1.35 bits per heavy atom. The standard InChI is InChI=1S/C14H20N2O4/c1-9(2)4-5-10(3)15-14(18)11-6-7-12(16(19)20)13(17)8-11/h6-10,17H,4-5H2,1-3H3,(H,15,18). The summed E-state index contributed by atoms with van der Waals surface area (Å²) in [5.74, 6) is -0.276.